The molecule has 0 radical (unpaired) electrons. The summed E-state index contributed by atoms with van der Waals surface area (Å²) in [4.78, 5) is 0.367. The van der Waals surface area contributed by atoms with Crippen molar-refractivity contribution in [2.45, 2.75) is 42.9 Å². The van der Waals surface area contributed by atoms with Gasteiger partial charge in [0.2, 0.25) is 0 Å². The number of ether oxygens (including phenoxy) is 1. The van der Waals surface area contributed by atoms with Crippen molar-refractivity contribution in [2.75, 3.05) is 13.7 Å². The van der Waals surface area contributed by atoms with Gasteiger partial charge in [-0.25, -0.2) is 8.42 Å². The molecule has 0 heterocycles. The average Bonchev–Trinajstić information content (AvgIpc) is 2.81. The molecule has 0 saturated heterocycles. The largest absolute Gasteiger partial charge is 0.497 e. The molecule has 1 aromatic carbocycles. The summed E-state index contributed by atoms with van der Waals surface area (Å²) in [6.07, 6.45) is 1.64. The molecule has 0 bridgehead atoms. The van der Waals surface area contributed by atoms with E-state index in [1.54, 1.807) is 31.4 Å². The molecule has 112 valence electrons. The van der Waals surface area contributed by atoms with Crippen LogP contribution in [0.5, 0.6) is 5.75 Å². The van der Waals surface area contributed by atoms with Gasteiger partial charge in [0, 0.05) is 6.04 Å². The summed E-state index contributed by atoms with van der Waals surface area (Å²) in [6.45, 7) is 4.96. The van der Waals surface area contributed by atoms with Crippen molar-refractivity contribution in [3.63, 3.8) is 0 Å². The minimum Gasteiger partial charge on any atom is -0.497 e. The molecule has 3 atom stereocenters. The first kappa shape index (κ1) is 15.3. The first-order chi connectivity index (χ1) is 9.50. The molecule has 20 heavy (non-hydrogen) atoms. The zero-order valence-corrected chi connectivity index (χ0v) is 13.1. The zero-order valence-electron chi connectivity index (χ0n) is 12.3. The van der Waals surface area contributed by atoms with Crippen LogP contribution in [-0.2, 0) is 9.84 Å². The maximum absolute atomic E-state index is 12.8. The first-order valence-electron chi connectivity index (χ1n) is 7.12. The number of benzene rings is 1. The number of sulfone groups is 1. The molecule has 1 aromatic rings. The summed E-state index contributed by atoms with van der Waals surface area (Å²) in [5, 5.41) is 3.07. The SMILES string of the molecule is CCNC1CCC(S(=O)(=O)c2cccc(OC)c2)C1C. The number of hydrogen-bond donors (Lipinski definition) is 1. The van der Waals surface area contributed by atoms with E-state index in [1.165, 1.54) is 0 Å². The molecule has 0 aliphatic heterocycles. The molecule has 1 fully saturated rings. The molecular formula is C15H23NO3S. The van der Waals surface area contributed by atoms with Gasteiger partial charge in [-0.2, -0.15) is 0 Å². The molecule has 3 unspecified atom stereocenters. The van der Waals surface area contributed by atoms with Crippen LogP contribution >= 0.6 is 0 Å². The Morgan fingerprint density at radius 3 is 2.75 bits per heavy atom. The van der Waals surface area contributed by atoms with Gasteiger partial charge in [0.05, 0.1) is 17.3 Å². The summed E-state index contributed by atoms with van der Waals surface area (Å²) in [5.41, 5.74) is 0. The average molecular weight is 297 g/mol. The summed E-state index contributed by atoms with van der Waals surface area (Å²) >= 11 is 0. The highest BCUT2D eigenvalue weighted by Gasteiger charge is 2.41. The fourth-order valence-electron chi connectivity index (χ4n) is 3.07. The predicted molar refractivity (Wildman–Crippen MR) is 79.8 cm³/mol. The Morgan fingerprint density at radius 1 is 1.35 bits per heavy atom. The van der Waals surface area contributed by atoms with Gasteiger partial charge in [-0.05, 0) is 43.5 Å². The molecule has 4 nitrogen and oxygen atoms in total. The van der Waals surface area contributed by atoms with Crippen molar-refractivity contribution in [3.8, 4) is 5.75 Å². The maximum atomic E-state index is 12.8. The monoisotopic (exact) mass is 297 g/mol. The van der Waals surface area contributed by atoms with Crippen LogP contribution in [0.1, 0.15) is 26.7 Å². The molecule has 1 N–H and O–H groups in total. The second-order valence-corrected chi connectivity index (χ2v) is 7.53. The van der Waals surface area contributed by atoms with Gasteiger partial charge in [0.1, 0.15) is 5.75 Å². The predicted octanol–water partition coefficient (Wildman–Crippen LogP) is 2.25. The van der Waals surface area contributed by atoms with Gasteiger partial charge in [0.25, 0.3) is 0 Å². The summed E-state index contributed by atoms with van der Waals surface area (Å²) in [7, 11) is -1.74. The molecule has 5 heteroatoms. The van der Waals surface area contributed by atoms with Crippen LogP contribution in [-0.4, -0.2) is 33.4 Å². The van der Waals surface area contributed by atoms with Gasteiger partial charge < -0.3 is 10.1 Å². The van der Waals surface area contributed by atoms with Gasteiger partial charge in [0.15, 0.2) is 9.84 Å². The Morgan fingerprint density at radius 2 is 2.10 bits per heavy atom. The number of hydrogen-bond acceptors (Lipinski definition) is 4. The highest BCUT2D eigenvalue weighted by Crippen LogP contribution is 2.35. The Kier molecular flexibility index (Phi) is 4.70. The molecule has 0 spiro atoms. The highest BCUT2D eigenvalue weighted by molar-refractivity contribution is 7.92. The fourth-order valence-corrected chi connectivity index (χ4v) is 5.17. The second-order valence-electron chi connectivity index (χ2n) is 5.36. The Bertz CT molecular complexity index is 556. The number of rotatable bonds is 5. The molecule has 1 aliphatic carbocycles. The van der Waals surface area contributed by atoms with Crippen molar-refractivity contribution < 1.29 is 13.2 Å². The maximum Gasteiger partial charge on any atom is 0.181 e. The lowest BCUT2D eigenvalue weighted by Gasteiger charge is -2.21. The van der Waals surface area contributed by atoms with Crippen LogP contribution in [0.25, 0.3) is 0 Å². The summed E-state index contributed by atoms with van der Waals surface area (Å²) in [6, 6.07) is 7.06. The van der Waals surface area contributed by atoms with Crippen molar-refractivity contribution in [1.82, 2.24) is 5.32 Å². The third kappa shape index (κ3) is 2.83. The first-order valence-corrected chi connectivity index (χ1v) is 8.66. The summed E-state index contributed by atoms with van der Waals surface area (Å²) < 4.78 is 30.7. The molecule has 1 aliphatic rings. The van der Waals surface area contributed by atoms with Crippen molar-refractivity contribution in [3.05, 3.63) is 24.3 Å². The molecule has 2 rings (SSSR count). The molecule has 1 saturated carbocycles. The molecular weight excluding hydrogens is 274 g/mol. The Labute approximate surface area is 121 Å². The van der Waals surface area contributed by atoms with E-state index in [9.17, 15) is 8.42 Å². The Hall–Kier alpha value is -1.07. The fraction of sp³-hybridized carbons (Fsp3) is 0.600. The molecule has 0 amide bonds. The number of methoxy groups -OCH3 is 1. The standard InChI is InChI=1S/C15H23NO3S/c1-4-16-14-8-9-15(11(14)2)20(17,18)13-7-5-6-12(10-13)19-3/h5-7,10-11,14-16H,4,8-9H2,1-3H3. The summed E-state index contributed by atoms with van der Waals surface area (Å²) in [5.74, 6) is 0.714. The van der Waals surface area contributed by atoms with Crippen molar-refractivity contribution in [2.24, 2.45) is 5.92 Å². The van der Waals surface area contributed by atoms with E-state index in [0.717, 1.165) is 19.4 Å². The quantitative estimate of drug-likeness (QED) is 0.905. The zero-order chi connectivity index (χ0) is 14.8. The minimum atomic E-state index is -3.29. The van der Waals surface area contributed by atoms with Crippen molar-refractivity contribution in [1.29, 1.82) is 0 Å². The van der Waals surface area contributed by atoms with E-state index in [4.69, 9.17) is 4.74 Å². The van der Waals surface area contributed by atoms with E-state index >= 15 is 0 Å². The van der Waals surface area contributed by atoms with Crippen LogP contribution < -0.4 is 10.1 Å². The lowest BCUT2D eigenvalue weighted by Crippen LogP contribution is -2.36. The van der Waals surface area contributed by atoms with E-state index in [-0.39, 0.29) is 11.2 Å². The smallest absolute Gasteiger partial charge is 0.181 e. The molecule has 0 aromatic heterocycles. The minimum absolute atomic E-state index is 0.131. The van der Waals surface area contributed by atoms with Gasteiger partial charge in [-0.3, -0.25) is 0 Å². The van der Waals surface area contributed by atoms with Crippen LogP contribution in [0.2, 0.25) is 0 Å². The lowest BCUT2D eigenvalue weighted by atomic mass is 10.1. The Balaban J connectivity index is 2.26. The van der Waals surface area contributed by atoms with Gasteiger partial charge in [-0.15, -0.1) is 0 Å². The third-order valence-corrected chi connectivity index (χ3v) is 6.59. The second kappa shape index (κ2) is 6.14. The van der Waals surface area contributed by atoms with E-state index < -0.39 is 9.84 Å². The normalized spacial score (nSPS) is 26.6. The van der Waals surface area contributed by atoms with Crippen LogP contribution in [0, 0.1) is 5.92 Å². The van der Waals surface area contributed by atoms with Crippen molar-refractivity contribution >= 4 is 9.84 Å². The lowest BCUT2D eigenvalue weighted by molar-refractivity contribution is 0.413. The van der Waals surface area contributed by atoms with Gasteiger partial charge in [-0.1, -0.05) is 19.9 Å². The number of nitrogens with one attached hydrogen (secondary N) is 1. The van der Waals surface area contributed by atoms with E-state index in [0.29, 0.717) is 16.7 Å². The topological polar surface area (TPSA) is 55.4 Å². The van der Waals surface area contributed by atoms with Crippen LogP contribution in [0.15, 0.2) is 29.2 Å². The highest BCUT2D eigenvalue weighted by atomic mass is 32.2. The third-order valence-electron chi connectivity index (χ3n) is 4.22. The van der Waals surface area contributed by atoms with E-state index in [1.807, 2.05) is 6.92 Å². The van der Waals surface area contributed by atoms with Crippen LogP contribution in [0.4, 0.5) is 0 Å². The van der Waals surface area contributed by atoms with E-state index in [2.05, 4.69) is 12.2 Å². The van der Waals surface area contributed by atoms with Crippen LogP contribution in [0.3, 0.4) is 0 Å². The van der Waals surface area contributed by atoms with Gasteiger partial charge >= 0.3 is 0 Å².